The van der Waals surface area contributed by atoms with E-state index in [1.54, 1.807) is 11.3 Å². The maximum atomic E-state index is 5.52. The molecule has 0 amide bonds. The van der Waals surface area contributed by atoms with Crippen LogP contribution in [-0.2, 0) is 6.54 Å². The summed E-state index contributed by atoms with van der Waals surface area (Å²) in [6.45, 7) is 3.90. The summed E-state index contributed by atoms with van der Waals surface area (Å²) in [6, 6.07) is 0. The lowest BCUT2D eigenvalue weighted by molar-refractivity contribution is 0.406. The molecule has 0 aliphatic carbocycles. The first-order valence-electron chi connectivity index (χ1n) is 4.93. The average molecular weight is 213 g/mol. The lowest BCUT2D eigenvalue weighted by Crippen LogP contribution is -2.09. The Bertz CT molecular complexity index is 270. The van der Waals surface area contributed by atoms with Crippen LogP contribution in [0.15, 0.2) is 6.20 Å². The number of nitrogens with two attached hydrogens (primary N) is 1. The van der Waals surface area contributed by atoms with Crippen molar-refractivity contribution in [3.8, 4) is 0 Å². The molecule has 0 saturated carbocycles. The minimum Gasteiger partial charge on any atom is -0.330 e. The van der Waals surface area contributed by atoms with Crippen molar-refractivity contribution in [3.05, 3.63) is 16.1 Å². The van der Waals surface area contributed by atoms with Gasteiger partial charge in [-0.1, -0.05) is 6.92 Å². The zero-order valence-corrected chi connectivity index (χ0v) is 9.97. The second-order valence-electron chi connectivity index (χ2n) is 3.88. The normalized spacial score (nSPS) is 13.5. The fourth-order valence-corrected chi connectivity index (χ4v) is 2.43. The summed E-state index contributed by atoms with van der Waals surface area (Å²) in [5.74, 6) is 0.501. The molecule has 1 atom stereocenters. The predicted molar refractivity (Wildman–Crippen MR) is 61.6 cm³/mol. The van der Waals surface area contributed by atoms with Crippen molar-refractivity contribution >= 4 is 11.3 Å². The Morgan fingerprint density at radius 2 is 2.29 bits per heavy atom. The molecule has 0 aliphatic heterocycles. The van der Waals surface area contributed by atoms with Gasteiger partial charge in [-0.15, -0.1) is 11.3 Å². The van der Waals surface area contributed by atoms with E-state index >= 15 is 0 Å². The molecule has 80 valence electrons. The van der Waals surface area contributed by atoms with E-state index in [-0.39, 0.29) is 0 Å². The molecular formula is C10H19N3S. The summed E-state index contributed by atoms with van der Waals surface area (Å²) in [6.07, 6.45) is 3.00. The summed E-state index contributed by atoms with van der Waals surface area (Å²) in [5.41, 5.74) is 5.52. The molecule has 0 radical (unpaired) electrons. The van der Waals surface area contributed by atoms with Crippen molar-refractivity contribution in [2.24, 2.45) is 5.73 Å². The van der Waals surface area contributed by atoms with Crippen LogP contribution < -0.4 is 5.73 Å². The maximum Gasteiger partial charge on any atom is 0.0956 e. The molecule has 1 heterocycles. The molecule has 0 spiro atoms. The van der Waals surface area contributed by atoms with Crippen LogP contribution in [0.25, 0.3) is 0 Å². The Balaban J connectivity index is 2.58. The molecule has 14 heavy (non-hydrogen) atoms. The van der Waals surface area contributed by atoms with Crippen LogP contribution in [0.5, 0.6) is 0 Å². The van der Waals surface area contributed by atoms with Crippen LogP contribution in [0.4, 0.5) is 0 Å². The maximum absolute atomic E-state index is 5.52. The van der Waals surface area contributed by atoms with E-state index in [4.69, 9.17) is 5.73 Å². The standard InChI is InChI=1S/C10H19N3S/c1-8(4-5-11)10-12-6-9(14-10)7-13(2)3/h6,8H,4-5,7,11H2,1-3H3. The molecule has 0 saturated heterocycles. The summed E-state index contributed by atoms with van der Waals surface area (Å²) >= 11 is 1.80. The van der Waals surface area contributed by atoms with Gasteiger partial charge in [-0.2, -0.15) is 0 Å². The minimum absolute atomic E-state index is 0.501. The van der Waals surface area contributed by atoms with Gasteiger partial charge in [0, 0.05) is 23.5 Å². The monoisotopic (exact) mass is 213 g/mol. The highest BCUT2D eigenvalue weighted by atomic mass is 32.1. The van der Waals surface area contributed by atoms with Gasteiger partial charge in [0.05, 0.1) is 5.01 Å². The van der Waals surface area contributed by atoms with Crippen molar-refractivity contribution in [1.82, 2.24) is 9.88 Å². The largest absolute Gasteiger partial charge is 0.330 e. The number of hydrogen-bond donors (Lipinski definition) is 1. The topological polar surface area (TPSA) is 42.1 Å². The zero-order valence-electron chi connectivity index (χ0n) is 9.16. The summed E-state index contributed by atoms with van der Waals surface area (Å²) in [7, 11) is 4.14. The first kappa shape index (κ1) is 11.6. The third-order valence-corrected chi connectivity index (χ3v) is 3.28. The Labute approximate surface area is 89.9 Å². The Kier molecular flexibility index (Phi) is 4.51. The Hall–Kier alpha value is -0.450. The van der Waals surface area contributed by atoms with Crippen LogP contribution in [0.2, 0.25) is 0 Å². The highest BCUT2D eigenvalue weighted by Gasteiger charge is 2.09. The van der Waals surface area contributed by atoms with Crippen LogP contribution in [0, 0.1) is 0 Å². The van der Waals surface area contributed by atoms with Gasteiger partial charge >= 0.3 is 0 Å². The quantitative estimate of drug-likeness (QED) is 0.809. The van der Waals surface area contributed by atoms with E-state index < -0.39 is 0 Å². The lowest BCUT2D eigenvalue weighted by Gasteiger charge is -2.06. The van der Waals surface area contributed by atoms with E-state index in [0.29, 0.717) is 5.92 Å². The van der Waals surface area contributed by atoms with Crippen LogP contribution in [-0.4, -0.2) is 30.5 Å². The highest BCUT2D eigenvalue weighted by molar-refractivity contribution is 7.11. The Morgan fingerprint density at radius 3 is 2.86 bits per heavy atom. The van der Waals surface area contributed by atoms with Gasteiger partial charge in [0.25, 0.3) is 0 Å². The fourth-order valence-electron chi connectivity index (χ4n) is 1.31. The molecule has 1 unspecified atom stereocenters. The van der Waals surface area contributed by atoms with E-state index in [9.17, 15) is 0 Å². The molecule has 0 bridgehead atoms. The number of nitrogens with zero attached hydrogens (tertiary/aromatic N) is 2. The molecule has 1 aromatic heterocycles. The second-order valence-corrected chi connectivity index (χ2v) is 5.03. The molecular weight excluding hydrogens is 194 g/mol. The van der Waals surface area contributed by atoms with Gasteiger partial charge in [-0.05, 0) is 27.1 Å². The minimum atomic E-state index is 0.501. The third-order valence-electron chi connectivity index (χ3n) is 2.06. The smallest absolute Gasteiger partial charge is 0.0956 e. The summed E-state index contributed by atoms with van der Waals surface area (Å²) in [5, 5.41) is 1.22. The zero-order chi connectivity index (χ0) is 10.6. The van der Waals surface area contributed by atoms with E-state index in [1.807, 2.05) is 6.20 Å². The van der Waals surface area contributed by atoms with Crippen molar-refractivity contribution in [1.29, 1.82) is 0 Å². The predicted octanol–water partition coefficient (Wildman–Crippen LogP) is 1.66. The lowest BCUT2D eigenvalue weighted by atomic mass is 10.1. The van der Waals surface area contributed by atoms with Crippen molar-refractivity contribution in [2.75, 3.05) is 20.6 Å². The van der Waals surface area contributed by atoms with Crippen LogP contribution in [0.3, 0.4) is 0 Å². The van der Waals surface area contributed by atoms with Gasteiger partial charge in [0.15, 0.2) is 0 Å². The molecule has 1 aromatic rings. The SMILES string of the molecule is CC(CCN)c1ncc(CN(C)C)s1. The van der Waals surface area contributed by atoms with Crippen LogP contribution >= 0.6 is 11.3 Å². The second kappa shape index (κ2) is 5.44. The summed E-state index contributed by atoms with van der Waals surface area (Å²) < 4.78 is 0. The molecule has 4 heteroatoms. The molecule has 3 nitrogen and oxygen atoms in total. The van der Waals surface area contributed by atoms with E-state index in [2.05, 4.69) is 30.9 Å². The number of thiazole rings is 1. The third kappa shape index (κ3) is 3.36. The fraction of sp³-hybridized carbons (Fsp3) is 0.700. The number of hydrogen-bond acceptors (Lipinski definition) is 4. The van der Waals surface area contributed by atoms with Crippen molar-refractivity contribution < 1.29 is 0 Å². The first-order valence-corrected chi connectivity index (χ1v) is 5.74. The van der Waals surface area contributed by atoms with Gasteiger partial charge in [-0.3, -0.25) is 0 Å². The highest BCUT2D eigenvalue weighted by Crippen LogP contribution is 2.24. The van der Waals surface area contributed by atoms with Gasteiger partial charge in [0.1, 0.15) is 0 Å². The molecule has 0 aliphatic rings. The van der Waals surface area contributed by atoms with Crippen LogP contribution in [0.1, 0.15) is 29.1 Å². The van der Waals surface area contributed by atoms with E-state index in [0.717, 1.165) is 19.5 Å². The number of aromatic nitrogens is 1. The average Bonchev–Trinajstić information content (AvgIpc) is 2.52. The van der Waals surface area contributed by atoms with Gasteiger partial charge < -0.3 is 10.6 Å². The molecule has 1 rings (SSSR count). The molecule has 0 aromatic carbocycles. The van der Waals surface area contributed by atoms with Gasteiger partial charge in [-0.25, -0.2) is 4.98 Å². The van der Waals surface area contributed by atoms with Gasteiger partial charge in [0.2, 0.25) is 0 Å². The van der Waals surface area contributed by atoms with E-state index in [1.165, 1.54) is 9.88 Å². The Morgan fingerprint density at radius 1 is 1.57 bits per heavy atom. The van der Waals surface area contributed by atoms with Crippen molar-refractivity contribution in [3.63, 3.8) is 0 Å². The molecule has 2 N–H and O–H groups in total. The summed E-state index contributed by atoms with van der Waals surface area (Å²) in [4.78, 5) is 7.91. The molecule has 0 fully saturated rings. The first-order chi connectivity index (χ1) is 6.63. The number of rotatable bonds is 5. The van der Waals surface area contributed by atoms with Crippen molar-refractivity contribution in [2.45, 2.75) is 25.8 Å².